The number of allylic oxidation sites excluding steroid dienone is 1. The van der Waals surface area contributed by atoms with E-state index >= 15 is 0 Å². The summed E-state index contributed by atoms with van der Waals surface area (Å²) in [5, 5.41) is 0. The van der Waals surface area contributed by atoms with Crippen LogP contribution < -0.4 is 4.74 Å². The Morgan fingerprint density at radius 1 is 1.17 bits per heavy atom. The van der Waals surface area contributed by atoms with Crippen molar-refractivity contribution in [1.82, 2.24) is 0 Å². The Hall–Kier alpha value is -0.214. The number of hydrogen-bond donors (Lipinski definition) is 0. The van der Waals surface area contributed by atoms with Gasteiger partial charge in [0.1, 0.15) is 5.75 Å². The molecule has 1 aliphatic heterocycles. The fourth-order valence-corrected chi connectivity index (χ4v) is 1.08. The van der Waals surface area contributed by atoms with Gasteiger partial charge in [-0.25, -0.2) is 0 Å². The maximum absolute atomic E-state index is 5.24. The van der Waals surface area contributed by atoms with Crippen molar-refractivity contribution in [2.45, 2.75) is 6.42 Å². The summed E-state index contributed by atoms with van der Waals surface area (Å²) in [4.78, 5) is 0. The van der Waals surface area contributed by atoms with E-state index in [0.717, 1.165) is 12.2 Å². The molecule has 2 rings (SSSR count). The van der Waals surface area contributed by atoms with Crippen molar-refractivity contribution in [2.24, 2.45) is 0 Å². The van der Waals surface area contributed by atoms with E-state index in [1.54, 1.807) is 6.26 Å². The molecule has 63 valence electrons. The molecule has 1 aromatic carbocycles. The van der Waals surface area contributed by atoms with Gasteiger partial charge in [-0.05, 0) is 24.1 Å². The first-order valence-corrected chi connectivity index (χ1v) is 3.36. The van der Waals surface area contributed by atoms with Crippen molar-refractivity contribution in [3.8, 4) is 5.75 Å². The molecule has 3 radical (unpaired) electrons. The minimum atomic E-state index is 0. The molecule has 1 aromatic rings. The van der Waals surface area contributed by atoms with E-state index < -0.39 is 0 Å². The number of benzene rings is 1. The number of hydrogen-bond acceptors (Lipinski definition) is 1. The molecule has 0 saturated carbocycles. The summed E-state index contributed by atoms with van der Waals surface area (Å²) in [7, 11) is 0. The van der Waals surface area contributed by atoms with Gasteiger partial charge in [0, 0.05) is 33.9 Å². The SMILES string of the molecule is C1=COc2ccccc2C1.[Al].[Ni]. The van der Waals surface area contributed by atoms with Crippen LogP contribution >= 0.6 is 0 Å². The standard InChI is InChI=1S/C9H8O.Al.Ni/c1-2-6-9-8(4-1)5-3-7-10-9;;/h1-4,6-7H,5H2;;. The third kappa shape index (κ3) is 2.39. The predicted octanol–water partition coefficient (Wildman–Crippen LogP) is 1.75. The molecule has 1 nitrogen and oxygen atoms in total. The summed E-state index contributed by atoms with van der Waals surface area (Å²) >= 11 is 0. The van der Waals surface area contributed by atoms with Crippen LogP contribution in [0.1, 0.15) is 5.56 Å². The number of para-hydroxylation sites is 1. The van der Waals surface area contributed by atoms with Crippen LogP contribution in [0.5, 0.6) is 5.75 Å². The van der Waals surface area contributed by atoms with Gasteiger partial charge in [0.15, 0.2) is 0 Å². The minimum absolute atomic E-state index is 0. The molecule has 1 heterocycles. The summed E-state index contributed by atoms with van der Waals surface area (Å²) in [5.74, 6) is 0.991. The topological polar surface area (TPSA) is 9.23 Å². The van der Waals surface area contributed by atoms with Crippen LogP contribution in [0.25, 0.3) is 0 Å². The van der Waals surface area contributed by atoms with Crippen LogP contribution in [0, 0.1) is 0 Å². The zero-order valence-electron chi connectivity index (χ0n) is 6.47. The van der Waals surface area contributed by atoms with Crippen LogP contribution in [0.2, 0.25) is 0 Å². The summed E-state index contributed by atoms with van der Waals surface area (Å²) in [6.07, 6.45) is 4.75. The smallest absolute Gasteiger partial charge is 0.130 e. The Morgan fingerprint density at radius 3 is 2.67 bits per heavy atom. The molecular weight excluding hydrogens is 210 g/mol. The first kappa shape index (κ1) is 11.8. The zero-order valence-corrected chi connectivity index (χ0v) is 8.62. The van der Waals surface area contributed by atoms with Crippen LogP contribution in [-0.2, 0) is 22.9 Å². The van der Waals surface area contributed by atoms with E-state index in [-0.39, 0.29) is 33.9 Å². The van der Waals surface area contributed by atoms with E-state index in [0.29, 0.717) is 0 Å². The van der Waals surface area contributed by atoms with E-state index in [1.165, 1.54) is 5.56 Å². The van der Waals surface area contributed by atoms with Gasteiger partial charge in [-0.15, -0.1) is 0 Å². The molecule has 0 aromatic heterocycles. The first-order valence-electron chi connectivity index (χ1n) is 3.36. The maximum Gasteiger partial charge on any atom is 0.130 e. The molecule has 3 heteroatoms. The second-order valence-electron chi connectivity index (χ2n) is 2.30. The van der Waals surface area contributed by atoms with Gasteiger partial charge < -0.3 is 4.74 Å². The van der Waals surface area contributed by atoms with E-state index in [1.807, 2.05) is 24.3 Å². The van der Waals surface area contributed by atoms with Gasteiger partial charge in [0.25, 0.3) is 0 Å². The Morgan fingerprint density at radius 2 is 1.92 bits per heavy atom. The largest absolute Gasteiger partial charge is 0.465 e. The van der Waals surface area contributed by atoms with Gasteiger partial charge in [0.05, 0.1) is 6.26 Å². The van der Waals surface area contributed by atoms with E-state index in [4.69, 9.17) is 4.74 Å². The molecule has 0 atom stereocenters. The summed E-state index contributed by atoms with van der Waals surface area (Å²) in [6.45, 7) is 0. The summed E-state index contributed by atoms with van der Waals surface area (Å²) in [6, 6.07) is 8.08. The van der Waals surface area contributed by atoms with Crippen LogP contribution in [0.3, 0.4) is 0 Å². The van der Waals surface area contributed by atoms with Crippen LogP contribution in [-0.4, -0.2) is 17.4 Å². The summed E-state index contributed by atoms with van der Waals surface area (Å²) < 4.78 is 5.24. The van der Waals surface area contributed by atoms with Crippen molar-refractivity contribution in [1.29, 1.82) is 0 Å². The number of rotatable bonds is 0. The van der Waals surface area contributed by atoms with Gasteiger partial charge >= 0.3 is 0 Å². The van der Waals surface area contributed by atoms with Gasteiger partial charge in [0.2, 0.25) is 0 Å². The van der Waals surface area contributed by atoms with Crippen molar-refractivity contribution in [2.75, 3.05) is 0 Å². The zero-order chi connectivity index (χ0) is 6.81. The molecule has 1 aliphatic rings. The molecule has 0 bridgehead atoms. The summed E-state index contributed by atoms with van der Waals surface area (Å²) in [5.41, 5.74) is 1.27. The first-order chi connectivity index (χ1) is 4.97. The average molecular weight is 218 g/mol. The van der Waals surface area contributed by atoms with Crippen molar-refractivity contribution in [3.05, 3.63) is 42.2 Å². The van der Waals surface area contributed by atoms with E-state index in [2.05, 4.69) is 6.07 Å². The Labute approximate surface area is 92.9 Å². The van der Waals surface area contributed by atoms with Crippen molar-refractivity contribution >= 4 is 17.4 Å². The van der Waals surface area contributed by atoms with E-state index in [9.17, 15) is 0 Å². The number of ether oxygens (including phenoxy) is 1. The molecule has 0 fully saturated rings. The molecule has 0 amide bonds. The van der Waals surface area contributed by atoms with Crippen LogP contribution in [0.4, 0.5) is 0 Å². The second-order valence-corrected chi connectivity index (χ2v) is 2.30. The third-order valence-corrected chi connectivity index (χ3v) is 1.60. The Kier molecular flexibility index (Phi) is 5.34. The molecule has 0 aliphatic carbocycles. The van der Waals surface area contributed by atoms with Gasteiger partial charge in [-0.1, -0.05) is 18.2 Å². The molecule has 0 unspecified atom stereocenters. The Bertz CT molecular complexity index is 246. The second kappa shape index (κ2) is 5.43. The molecule has 0 N–H and O–H groups in total. The third-order valence-electron chi connectivity index (χ3n) is 1.60. The van der Waals surface area contributed by atoms with Crippen molar-refractivity contribution < 1.29 is 21.2 Å². The molecule has 12 heavy (non-hydrogen) atoms. The fraction of sp³-hybridized carbons (Fsp3) is 0.111. The van der Waals surface area contributed by atoms with Gasteiger partial charge in [-0.3, -0.25) is 0 Å². The Balaban J connectivity index is 0.000000605. The maximum atomic E-state index is 5.24. The predicted molar refractivity (Wildman–Crippen MR) is 45.7 cm³/mol. The molecular formula is C9H8AlNiO. The quantitative estimate of drug-likeness (QED) is 0.602. The molecule has 0 saturated heterocycles. The fourth-order valence-electron chi connectivity index (χ4n) is 1.08. The number of fused-ring (bicyclic) bond motifs is 1. The minimum Gasteiger partial charge on any atom is -0.465 e. The van der Waals surface area contributed by atoms with Crippen LogP contribution in [0.15, 0.2) is 36.6 Å². The average Bonchev–Trinajstić information content (AvgIpc) is 2.05. The molecule has 0 spiro atoms. The van der Waals surface area contributed by atoms with Gasteiger partial charge in [-0.2, -0.15) is 0 Å². The monoisotopic (exact) mass is 217 g/mol. The van der Waals surface area contributed by atoms with Crippen molar-refractivity contribution in [3.63, 3.8) is 0 Å². The normalized spacial score (nSPS) is 11.7.